The highest BCUT2D eigenvalue weighted by Gasteiger charge is 2.37. The normalized spacial score (nSPS) is 12.2. The molecule has 4 heteroatoms. The number of unbranched alkanes of at least 4 members (excludes halogenated alkanes) is 4. The predicted octanol–water partition coefficient (Wildman–Crippen LogP) is 5.85. The van der Waals surface area contributed by atoms with Crippen LogP contribution in [0.1, 0.15) is 48.8 Å². The van der Waals surface area contributed by atoms with Crippen LogP contribution in [0.2, 0.25) is 0 Å². The largest absolute Gasteiger partial charge is 0.388 e. The molecule has 33 heavy (non-hydrogen) atoms. The van der Waals surface area contributed by atoms with E-state index >= 15 is 0 Å². The molecule has 0 unspecified atom stereocenters. The van der Waals surface area contributed by atoms with Gasteiger partial charge in [0, 0.05) is 13.0 Å². The fourth-order valence-electron chi connectivity index (χ4n) is 4.02. The third-order valence-electron chi connectivity index (χ3n) is 5.67. The first-order chi connectivity index (χ1) is 16.3. The summed E-state index contributed by atoms with van der Waals surface area (Å²) in [5.41, 5.74) is 2.18. The molecule has 3 aromatic rings. The summed E-state index contributed by atoms with van der Waals surface area (Å²) >= 11 is 0. The van der Waals surface area contributed by atoms with E-state index in [0.717, 1.165) is 42.4 Å². The standard InChI is InChI=1S/C29H33NO3/c30-21-13-2-1-3-14-22-32-23-28(31)24-33-29(25-15-7-4-8-16-25,26-17-9-5-10-18-26)27-19-11-6-12-20-27/h4-12,15-20,28,31H,1-3,13-14,22-24H2/t28-/m0/s1. The summed E-state index contributed by atoms with van der Waals surface area (Å²) in [5, 5.41) is 19.2. The van der Waals surface area contributed by atoms with Gasteiger partial charge in [-0.2, -0.15) is 5.26 Å². The fourth-order valence-corrected chi connectivity index (χ4v) is 4.02. The van der Waals surface area contributed by atoms with Crippen molar-refractivity contribution in [3.05, 3.63) is 108 Å². The Morgan fingerprint density at radius 2 is 1.18 bits per heavy atom. The number of hydrogen-bond donors (Lipinski definition) is 1. The zero-order valence-electron chi connectivity index (χ0n) is 19.1. The molecular formula is C29H33NO3. The number of aliphatic hydroxyl groups excluding tert-OH is 1. The molecule has 172 valence electrons. The molecule has 0 saturated carbocycles. The van der Waals surface area contributed by atoms with Gasteiger partial charge in [0.15, 0.2) is 0 Å². The van der Waals surface area contributed by atoms with Gasteiger partial charge >= 0.3 is 0 Å². The Kier molecular flexibility index (Phi) is 10.1. The van der Waals surface area contributed by atoms with Crippen LogP contribution in [0.5, 0.6) is 0 Å². The van der Waals surface area contributed by atoms with Crippen LogP contribution in [0.4, 0.5) is 0 Å². The quantitative estimate of drug-likeness (QED) is 0.251. The molecule has 0 aliphatic heterocycles. The lowest BCUT2D eigenvalue weighted by Gasteiger charge is -2.36. The van der Waals surface area contributed by atoms with Crippen molar-refractivity contribution in [2.24, 2.45) is 0 Å². The second-order valence-corrected chi connectivity index (χ2v) is 8.14. The molecule has 3 rings (SSSR count). The van der Waals surface area contributed by atoms with Gasteiger partial charge in [0.1, 0.15) is 11.7 Å². The van der Waals surface area contributed by atoms with Crippen molar-refractivity contribution in [1.82, 2.24) is 0 Å². The van der Waals surface area contributed by atoms with Gasteiger partial charge in [0.2, 0.25) is 0 Å². The Balaban J connectivity index is 1.70. The molecule has 1 atom stereocenters. The first-order valence-corrected chi connectivity index (χ1v) is 11.7. The lowest BCUT2D eigenvalue weighted by Crippen LogP contribution is -2.36. The van der Waals surface area contributed by atoms with Crippen LogP contribution in [0.25, 0.3) is 0 Å². The van der Waals surface area contributed by atoms with Crippen molar-refractivity contribution in [3.8, 4) is 6.07 Å². The van der Waals surface area contributed by atoms with Crippen molar-refractivity contribution < 1.29 is 14.6 Å². The molecule has 0 aromatic heterocycles. The Labute approximate surface area is 197 Å². The van der Waals surface area contributed by atoms with Crippen molar-refractivity contribution in [2.45, 2.75) is 43.8 Å². The maximum absolute atomic E-state index is 10.6. The van der Waals surface area contributed by atoms with E-state index in [0.29, 0.717) is 13.0 Å². The number of hydrogen-bond acceptors (Lipinski definition) is 4. The third-order valence-corrected chi connectivity index (χ3v) is 5.67. The molecule has 3 aromatic carbocycles. The molecular weight excluding hydrogens is 410 g/mol. The predicted molar refractivity (Wildman–Crippen MR) is 131 cm³/mol. The average Bonchev–Trinajstić information content (AvgIpc) is 2.88. The van der Waals surface area contributed by atoms with E-state index in [1.54, 1.807) is 0 Å². The highest BCUT2D eigenvalue weighted by atomic mass is 16.5. The summed E-state index contributed by atoms with van der Waals surface area (Å²) in [6.45, 7) is 0.971. The monoisotopic (exact) mass is 443 g/mol. The molecule has 0 spiro atoms. The lowest BCUT2D eigenvalue weighted by molar-refractivity contribution is -0.0641. The summed E-state index contributed by atoms with van der Waals surface area (Å²) in [7, 11) is 0. The van der Waals surface area contributed by atoms with E-state index < -0.39 is 11.7 Å². The fraction of sp³-hybridized carbons (Fsp3) is 0.345. The summed E-state index contributed by atoms with van der Waals surface area (Å²) in [6, 6.07) is 32.6. The molecule has 0 fully saturated rings. The molecule has 0 amide bonds. The summed E-state index contributed by atoms with van der Waals surface area (Å²) in [6.07, 6.45) is 3.82. The first kappa shape index (κ1) is 24.7. The lowest BCUT2D eigenvalue weighted by atomic mass is 9.80. The zero-order chi connectivity index (χ0) is 23.2. The minimum atomic E-state index is -0.842. The minimum Gasteiger partial charge on any atom is -0.388 e. The van der Waals surface area contributed by atoms with E-state index in [1.165, 1.54) is 0 Å². The van der Waals surface area contributed by atoms with Gasteiger partial charge in [0.25, 0.3) is 0 Å². The molecule has 1 N–H and O–H groups in total. The average molecular weight is 444 g/mol. The Hall–Kier alpha value is -2.97. The number of aliphatic hydroxyl groups is 1. The molecule has 0 saturated heterocycles. The van der Waals surface area contributed by atoms with E-state index in [4.69, 9.17) is 14.7 Å². The second kappa shape index (κ2) is 13.5. The van der Waals surface area contributed by atoms with Crippen LogP contribution < -0.4 is 0 Å². The highest BCUT2D eigenvalue weighted by molar-refractivity contribution is 5.47. The van der Waals surface area contributed by atoms with Crippen LogP contribution >= 0.6 is 0 Å². The SMILES string of the molecule is N#CCCCCCCOC[C@H](O)COC(c1ccccc1)(c1ccccc1)c1ccccc1. The highest BCUT2D eigenvalue weighted by Crippen LogP contribution is 2.40. The summed E-state index contributed by atoms with van der Waals surface area (Å²) in [4.78, 5) is 0. The maximum atomic E-state index is 10.6. The Morgan fingerprint density at radius 1 is 0.697 bits per heavy atom. The second-order valence-electron chi connectivity index (χ2n) is 8.14. The van der Waals surface area contributed by atoms with Gasteiger partial charge in [-0.1, -0.05) is 104 Å². The number of nitrogens with zero attached hydrogens (tertiary/aromatic N) is 1. The number of benzene rings is 3. The van der Waals surface area contributed by atoms with Gasteiger partial charge < -0.3 is 14.6 Å². The van der Waals surface area contributed by atoms with Crippen LogP contribution in [-0.2, 0) is 15.1 Å². The summed E-state index contributed by atoms with van der Waals surface area (Å²) in [5.74, 6) is 0. The molecule has 0 heterocycles. The van der Waals surface area contributed by atoms with Crippen LogP contribution in [0, 0.1) is 11.3 Å². The number of ether oxygens (including phenoxy) is 2. The molecule has 0 radical (unpaired) electrons. The Morgan fingerprint density at radius 3 is 1.67 bits per heavy atom. The van der Waals surface area contributed by atoms with Crippen molar-refractivity contribution in [3.63, 3.8) is 0 Å². The minimum absolute atomic E-state index is 0.140. The van der Waals surface area contributed by atoms with Gasteiger partial charge in [0.05, 0.1) is 19.3 Å². The van der Waals surface area contributed by atoms with E-state index in [1.807, 2.05) is 54.6 Å². The van der Waals surface area contributed by atoms with Gasteiger partial charge in [-0.05, 0) is 29.5 Å². The smallest absolute Gasteiger partial charge is 0.143 e. The molecule has 0 aliphatic carbocycles. The zero-order valence-corrected chi connectivity index (χ0v) is 19.1. The molecule has 0 bridgehead atoms. The van der Waals surface area contributed by atoms with Crippen LogP contribution in [0.15, 0.2) is 91.0 Å². The van der Waals surface area contributed by atoms with Gasteiger partial charge in [-0.3, -0.25) is 0 Å². The van der Waals surface area contributed by atoms with E-state index in [9.17, 15) is 5.11 Å². The first-order valence-electron chi connectivity index (χ1n) is 11.7. The van der Waals surface area contributed by atoms with E-state index in [-0.39, 0.29) is 13.2 Å². The summed E-state index contributed by atoms with van der Waals surface area (Å²) < 4.78 is 12.3. The van der Waals surface area contributed by atoms with Crippen molar-refractivity contribution in [2.75, 3.05) is 19.8 Å². The number of nitriles is 1. The van der Waals surface area contributed by atoms with Crippen molar-refractivity contribution >= 4 is 0 Å². The maximum Gasteiger partial charge on any atom is 0.143 e. The van der Waals surface area contributed by atoms with Crippen LogP contribution in [-0.4, -0.2) is 31.0 Å². The molecule has 0 aliphatic rings. The Bertz CT molecular complexity index is 858. The third kappa shape index (κ3) is 7.00. The number of rotatable bonds is 14. The van der Waals surface area contributed by atoms with Crippen molar-refractivity contribution in [1.29, 1.82) is 5.26 Å². The molecule has 4 nitrogen and oxygen atoms in total. The van der Waals surface area contributed by atoms with Gasteiger partial charge in [-0.15, -0.1) is 0 Å². The van der Waals surface area contributed by atoms with E-state index in [2.05, 4.69) is 42.5 Å². The topological polar surface area (TPSA) is 62.5 Å². The van der Waals surface area contributed by atoms with Gasteiger partial charge in [-0.25, -0.2) is 0 Å². The van der Waals surface area contributed by atoms with Crippen LogP contribution in [0.3, 0.4) is 0 Å².